The molecular weight excluding hydrogens is 499 g/mol. The van der Waals surface area contributed by atoms with Crippen LogP contribution in [0.2, 0.25) is 0 Å². The van der Waals surface area contributed by atoms with Crippen LogP contribution in [0.15, 0.2) is 53.9 Å². The Morgan fingerprint density at radius 1 is 0.861 bits per heavy atom. The molecule has 3 aromatic rings. The summed E-state index contributed by atoms with van der Waals surface area (Å²) < 4.78 is 50.9. The number of hydrogen-bond acceptors (Lipinski definition) is 7. The van der Waals surface area contributed by atoms with Crippen LogP contribution >= 0.6 is 11.3 Å². The fourth-order valence-electron chi connectivity index (χ4n) is 3.19. The molecule has 0 spiro atoms. The molecule has 1 amide bonds. The average Bonchev–Trinajstić information content (AvgIpc) is 3.32. The van der Waals surface area contributed by atoms with Gasteiger partial charge in [0.2, 0.25) is 0 Å². The monoisotopic (exact) mass is 521 g/mol. The van der Waals surface area contributed by atoms with Crippen LogP contribution in [0, 0.1) is 0 Å². The predicted octanol–water partition coefficient (Wildman–Crippen LogP) is 5.60. The lowest BCUT2D eigenvalue weighted by Crippen LogP contribution is -2.22. The highest BCUT2D eigenvalue weighted by Gasteiger charge is 2.31. The standard InChI is InChI=1S/C25H22F3NO6S/c1-3-33-23(31)19-10-5-15(11-20(19)24(32)34-4-2)13-29-22(30)21-12-17(14-36-21)16-6-8-18(9-7-16)35-25(26,27)28/h5-12,14H,3-4,13H2,1-2H3,(H,29,30). The van der Waals surface area contributed by atoms with E-state index in [1.807, 2.05) is 0 Å². The Balaban J connectivity index is 1.69. The van der Waals surface area contributed by atoms with E-state index in [2.05, 4.69) is 10.1 Å². The van der Waals surface area contributed by atoms with Gasteiger partial charge in [0.25, 0.3) is 5.91 Å². The summed E-state index contributed by atoms with van der Waals surface area (Å²) in [5.41, 5.74) is 1.95. The molecule has 2 aromatic carbocycles. The SMILES string of the molecule is CCOC(=O)c1ccc(CNC(=O)c2cc(-c3ccc(OC(F)(F)F)cc3)cs2)cc1C(=O)OCC. The largest absolute Gasteiger partial charge is 0.573 e. The zero-order chi connectivity index (χ0) is 26.3. The molecule has 0 unspecified atom stereocenters. The molecule has 3 rings (SSSR count). The minimum Gasteiger partial charge on any atom is -0.462 e. The Bertz CT molecular complexity index is 1240. The van der Waals surface area contributed by atoms with E-state index in [0.29, 0.717) is 21.6 Å². The lowest BCUT2D eigenvalue weighted by molar-refractivity contribution is -0.274. The van der Waals surface area contributed by atoms with Crippen LogP contribution in [0.25, 0.3) is 11.1 Å². The van der Waals surface area contributed by atoms with Crippen molar-refractivity contribution < 1.29 is 41.8 Å². The van der Waals surface area contributed by atoms with Crippen LogP contribution < -0.4 is 10.1 Å². The molecule has 0 aliphatic heterocycles. The second-order valence-electron chi connectivity index (χ2n) is 7.28. The minimum absolute atomic E-state index is 0.0402. The number of carbonyl (C=O) groups is 3. The summed E-state index contributed by atoms with van der Waals surface area (Å²) in [6, 6.07) is 11.4. The number of halogens is 3. The van der Waals surface area contributed by atoms with Crippen molar-refractivity contribution in [3.05, 3.63) is 75.5 Å². The average molecular weight is 522 g/mol. The fraction of sp³-hybridized carbons (Fsp3) is 0.240. The Kier molecular flexibility index (Phi) is 8.70. The maximum absolute atomic E-state index is 12.6. The molecule has 1 aromatic heterocycles. The molecule has 0 aliphatic rings. The summed E-state index contributed by atoms with van der Waals surface area (Å²) in [6.45, 7) is 3.64. The van der Waals surface area contributed by atoms with Crippen molar-refractivity contribution in [2.24, 2.45) is 0 Å². The highest BCUT2D eigenvalue weighted by atomic mass is 32.1. The molecule has 1 heterocycles. The minimum atomic E-state index is -4.77. The van der Waals surface area contributed by atoms with E-state index >= 15 is 0 Å². The van der Waals surface area contributed by atoms with Crippen molar-refractivity contribution in [3.63, 3.8) is 0 Å². The number of benzene rings is 2. The van der Waals surface area contributed by atoms with Gasteiger partial charge in [-0.3, -0.25) is 4.79 Å². The van der Waals surface area contributed by atoms with E-state index in [-0.39, 0.29) is 42.5 Å². The molecule has 0 saturated heterocycles. The molecule has 0 saturated carbocycles. The van der Waals surface area contributed by atoms with Gasteiger partial charge >= 0.3 is 18.3 Å². The van der Waals surface area contributed by atoms with Gasteiger partial charge in [-0.15, -0.1) is 24.5 Å². The number of thiophene rings is 1. The van der Waals surface area contributed by atoms with Crippen molar-refractivity contribution in [1.82, 2.24) is 5.32 Å². The van der Waals surface area contributed by atoms with Crippen LogP contribution in [0.3, 0.4) is 0 Å². The Morgan fingerprint density at radius 3 is 2.11 bits per heavy atom. The molecule has 0 radical (unpaired) electrons. The first-order valence-corrected chi connectivity index (χ1v) is 11.7. The third kappa shape index (κ3) is 7.08. The predicted molar refractivity (Wildman–Crippen MR) is 126 cm³/mol. The van der Waals surface area contributed by atoms with Gasteiger partial charge in [-0.25, -0.2) is 9.59 Å². The van der Waals surface area contributed by atoms with Gasteiger partial charge in [-0.1, -0.05) is 18.2 Å². The van der Waals surface area contributed by atoms with E-state index < -0.39 is 18.3 Å². The summed E-state index contributed by atoms with van der Waals surface area (Å²) in [5, 5.41) is 4.45. The quantitative estimate of drug-likeness (QED) is 0.369. The molecule has 7 nitrogen and oxygen atoms in total. The van der Waals surface area contributed by atoms with Gasteiger partial charge in [0, 0.05) is 6.54 Å². The van der Waals surface area contributed by atoms with Crippen molar-refractivity contribution >= 4 is 29.2 Å². The molecule has 36 heavy (non-hydrogen) atoms. The zero-order valence-corrected chi connectivity index (χ0v) is 20.1. The van der Waals surface area contributed by atoms with Gasteiger partial charge in [0.05, 0.1) is 29.2 Å². The molecule has 11 heteroatoms. The van der Waals surface area contributed by atoms with Gasteiger partial charge in [0.1, 0.15) is 5.75 Å². The van der Waals surface area contributed by atoms with Crippen LogP contribution in [-0.4, -0.2) is 37.4 Å². The normalized spacial score (nSPS) is 11.0. The lowest BCUT2D eigenvalue weighted by Gasteiger charge is -2.11. The van der Waals surface area contributed by atoms with E-state index in [9.17, 15) is 27.6 Å². The molecule has 190 valence electrons. The number of alkyl halides is 3. The highest BCUT2D eigenvalue weighted by Crippen LogP contribution is 2.29. The van der Waals surface area contributed by atoms with Gasteiger partial charge < -0.3 is 19.5 Å². The van der Waals surface area contributed by atoms with E-state index in [4.69, 9.17) is 9.47 Å². The number of amides is 1. The number of nitrogens with one attached hydrogen (secondary N) is 1. The topological polar surface area (TPSA) is 90.9 Å². The van der Waals surface area contributed by atoms with Crippen molar-refractivity contribution in [3.8, 4) is 16.9 Å². The first-order valence-electron chi connectivity index (χ1n) is 10.8. The number of hydrogen-bond donors (Lipinski definition) is 1. The third-order valence-corrected chi connectivity index (χ3v) is 5.70. The molecule has 1 N–H and O–H groups in total. The summed E-state index contributed by atoms with van der Waals surface area (Å²) >= 11 is 1.17. The molecule has 0 atom stereocenters. The number of rotatable bonds is 9. The summed E-state index contributed by atoms with van der Waals surface area (Å²) in [5.74, 6) is -2.05. The zero-order valence-electron chi connectivity index (χ0n) is 19.3. The van der Waals surface area contributed by atoms with Gasteiger partial charge in [0.15, 0.2) is 0 Å². The highest BCUT2D eigenvalue weighted by molar-refractivity contribution is 7.12. The summed E-state index contributed by atoms with van der Waals surface area (Å²) in [4.78, 5) is 37.5. The smallest absolute Gasteiger partial charge is 0.462 e. The maximum atomic E-state index is 12.6. The van der Waals surface area contributed by atoms with E-state index in [0.717, 1.165) is 0 Å². The number of carbonyl (C=O) groups excluding carboxylic acids is 3. The van der Waals surface area contributed by atoms with Crippen LogP contribution in [0.4, 0.5) is 13.2 Å². The Morgan fingerprint density at radius 2 is 1.50 bits per heavy atom. The van der Waals surface area contributed by atoms with Crippen molar-refractivity contribution in [2.75, 3.05) is 13.2 Å². The summed E-state index contributed by atoms with van der Waals surface area (Å²) in [6.07, 6.45) is -4.77. The molecule has 0 aliphatic carbocycles. The molecular formula is C25H22F3NO6S. The molecule has 0 fully saturated rings. The first kappa shape index (κ1) is 26.7. The van der Waals surface area contributed by atoms with Crippen molar-refractivity contribution in [1.29, 1.82) is 0 Å². The molecule has 0 bridgehead atoms. The van der Waals surface area contributed by atoms with Crippen molar-refractivity contribution in [2.45, 2.75) is 26.8 Å². The van der Waals surface area contributed by atoms with Crippen LogP contribution in [0.1, 0.15) is 49.8 Å². The number of ether oxygens (including phenoxy) is 3. The van der Waals surface area contributed by atoms with Crippen LogP contribution in [-0.2, 0) is 16.0 Å². The first-order chi connectivity index (χ1) is 17.1. The second kappa shape index (κ2) is 11.7. The third-order valence-electron chi connectivity index (χ3n) is 4.77. The fourth-order valence-corrected chi connectivity index (χ4v) is 4.02. The van der Waals surface area contributed by atoms with E-state index in [1.54, 1.807) is 31.4 Å². The summed E-state index contributed by atoms with van der Waals surface area (Å²) in [7, 11) is 0. The van der Waals surface area contributed by atoms with Crippen LogP contribution in [0.5, 0.6) is 5.75 Å². The van der Waals surface area contributed by atoms with E-state index in [1.165, 1.54) is 47.7 Å². The Hall–Kier alpha value is -3.86. The lowest BCUT2D eigenvalue weighted by atomic mass is 10.0. The van der Waals surface area contributed by atoms with Gasteiger partial charge in [-0.05, 0) is 66.2 Å². The maximum Gasteiger partial charge on any atom is 0.573 e. The van der Waals surface area contributed by atoms with Gasteiger partial charge in [-0.2, -0.15) is 0 Å². The second-order valence-corrected chi connectivity index (χ2v) is 8.19. The number of esters is 2. The Labute approximate surface area is 208 Å².